The predicted octanol–water partition coefficient (Wildman–Crippen LogP) is 2.14. The van der Waals surface area contributed by atoms with E-state index in [4.69, 9.17) is 9.68 Å². The third kappa shape index (κ3) is 1.18. The Hall–Kier alpha value is -2.02. The van der Waals surface area contributed by atoms with E-state index >= 15 is 0 Å². The molecule has 0 spiro atoms. The van der Waals surface area contributed by atoms with Crippen LogP contribution in [0.5, 0.6) is 0 Å². The number of benzene rings is 1. The van der Waals surface area contributed by atoms with Crippen LogP contribution >= 0.6 is 0 Å². The van der Waals surface area contributed by atoms with Gasteiger partial charge in [-0.05, 0) is 31.0 Å². The molecule has 0 radical (unpaired) electrons. The van der Waals surface area contributed by atoms with Crippen molar-refractivity contribution in [3.05, 3.63) is 34.3 Å². The maximum absolute atomic E-state index is 11.0. The molecule has 1 heterocycles. The normalized spacial score (nSPS) is 27.9. The Bertz CT molecular complexity index is 661. The number of nitrogens with one attached hydrogen (secondary N) is 1. The van der Waals surface area contributed by atoms with E-state index in [1.165, 1.54) is 0 Å². The summed E-state index contributed by atoms with van der Waals surface area (Å²) in [4.78, 5) is 13.6. The van der Waals surface area contributed by atoms with Gasteiger partial charge in [0.2, 0.25) is 0 Å². The third-order valence-electron chi connectivity index (χ3n) is 3.34. The first-order chi connectivity index (χ1) is 7.62. The second-order valence-electron chi connectivity index (χ2n) is 4.56. The smallest absolute Gasteiger partial charge is 0.408 e. The Morgan fingerprint density at radius 1 is 1.62 bits per heavy atom. The number of nitrogens with zero attached hydrogens (tertiary/aromatic N) is 1. The van der Waals surface area contributed by atoms with Gasteiger partial charge in [-0.3, -0.25) is 4.98 Å². The van der Waals surface area contributed by atoms with Gasteiger partial charge in [-0.1, -0.05) is 6.07 Å². The van der Waals surface area contributed by atoms with Crippen LogP contribution in [0.3, 0.4) is 0 Å². The number of nitriles is 1. The number of rotatable bonds is 1. The number of hydrogen-bond donors (Lipinski definition) is 1. The number of hydrogen-bond acceptors (Lipinski definition) is 3. The second kappa shape index (κ2) is 2.76. The minimum Gasteiger partial charge on any atom is -0.408 e. The molecular formula is C12H10N2O2. The van der Waals surface area contributed by atoms with Crippen LogP contribution in [-0.4, -0.2) is 4.98 Å². The van der Waals surface area contributed by atoms with Gasteiger partial charge in [0.15, 0.2) is 5.58 Å². The summed E-state index contributed by atoms with van der Waals surface area (Å²) in [5.74, 6) is -0.161. The molecule has 0 aliphatic heterocycles. The Morgan fingerprint density at radius 3 is 3.12 bits per heavy atom. The highest BCUT2D eigenvalue weighted by Crippen LogP contribution is 2.58. The molecule has 2 aromatic rings. The fraction of sp³-hybridized carbons (Fsp3) is 0.333. The lowest BCUT2D eigenvalue weighted by atomic mass is 10.0. The van der Waals surface area contributed by atoms with E-state index in [-0.39, 0.29) is 11.3 Å². The van der Waals surface area contributed by atoms with Crippen LogP contribution in [0.2, 0.25) is 0 Å². The van der Waals surface area contributed by atoms with Crippen LogP contribution in [0.25, 0.3) is 11.1 Å². The zero-order chi connectivity index (χ0) is 11.3. The predicted molar refractivity (Wildman–Crippen MR) is 57.9 cm³/mol. The molecule has 1 saturated carbocycles. The fourth-order valence-corrected chi connectivity index (χ4v) is 2.16. The first kappa shape index (κ1) is 9.22. The molecule has 1 aromatic heterocycles. The maximum Gasteiger partial charge on any atom is 0.417 e. The van der Waals surface area contributed by atoms with E-state index in [9.17, 15) is 4.79 Å². The molecule has 2 atom stereocenters. The van der Waals surface area contributed by atoms with Gasteiger partial charge in [-0.25, -0.2) is 4.79 Å². The topological polar surface area (TPSA) is 69.8 Å². The van der Waals surface area contributed by atoms with Gasteiger partial charge in [0, 0.05) is 5.92 Å². The molecule has 0 bridgehead atoms. The van der Waals surface area contributed by atoms with Crippen LogP contribution < -0.4 is 5.76 Å². The van der Waals surface area contributed by atoms with Crippen molar-refractivity contribution in [3.8, 4) is 6.07 Å². The number of oxazole rings is 1. The van der Waals surface area contributed by atoms with Crippen molar-refractivity contribution in [2.45, 2.75) is 19.3 Å². The van der Waals surface area contributed by atoms with E-state index < -0.39 is 5.76 Å². The monoisotopic (exact) mass is 214 g/mol. The Morgan fingerprint density at radius 2 is 2.44 bits per heavy atom. The van der Waals surface area contributed by atoms with Gasteiger partial charge in [-0.2, -0.15) is 5.26 Å². The van der Waals surface area contributed by atoms with E-state index in [0.717, 1.165) is 12.0 Å². The molecule has 1 aromatic carbocycles. The molecule has 0 amide bonds. The first-order valence-electron chi connectivity index (χ1n) is 5.16. The summed E-state index contributed by atoms with van der Waals surface area (Å²) in [6.45, 7) is 1.96. The minimum absolute atomic E-state index is 0.238. The summed E-state index contributed by atoms with van der Waals surface area (Å²) in [7, 11) is 0. The minimum atomic E-state index is -0.439. The average molecular weight is 214 g/mol. The summed E-state index contributed by atoms with van der Waals surface area (Å²) in [5.41, 5.74) is 2.12. The Kier molecular flexibility index (Phi) is 1.59. The van der Waals surface area contributed by atoms with Crippen LogP contribution in [0.15, 0.2) is 27.4 Å². The molecular weight excluding hydrogens is 204 g/mol. The van der Waals surface area contributed by atoms with Gasteiger partial charge in [-0.15, -0.1) is 0 Å². The molecule has 16 heavy (non-hydrogen) atoms. The van der Waals surface area contributed by atoms with E-state index in [0.29, 0.717) is 11.1 Å². The number of aromatic amines is 1. The second-order valence-corrected chi connectivity index (χ2v) is 4.56. The fourth-order valence-electron chi connectivity index (χ4n) is 2.16. The largest absolute Gasteiger partial charge is 0.417 e. The highest BCUT2D eigenvalue weighted by atomic mass is 16.4. The van der Waals surface area contributed by atoms with E-state index in [2.05, 4.69) is 11.1 Å². The third-order valence-corrected chi connectivity index (χ3v) is 3.34. The lowest BCUT2D eigenvalue weighted by Crippen LogP contribution is -1.94. The van der Waals surface area contributed by atoms with Crippen LogP contribution in [0.4, 0.5) is 0 Å². The Balaban J connectivity index is 2.07. The van der Waals surface area contributed by atoms with E-state index in [1.54, 1.807) is 6.07 Å². The van der Waals surface area contributed by atoms with Gasteiger partial charge in [0.25, 0.3) is 0 Å². The number of H-pyrrole nitrogens is 1. The molecule has 3 rings (SSSR count). The molecule has 4 nitrogen and oxygen atoms in total. The molecule has 1 aliphatic carbocycles. The van der Waals surface area contributed by atoms with Crippen molar-refractivity contribution in [2.75, 3.05) is 0 Å². The van der Waals surface area contributed by atoms with Gasteiger partial charge >= 0.3 is 5.76 Å². The SMILES string of the molecule is CC1(C#N)CC1c1ccc2oc(=O)[nH]c2c1. The molecule has 2 unspecified atom stereocenters. The van der Waals surface area contributed by atoms with Gasteiger partial charge < -0.3 is 4.42 Å². The van der Waals surface area contributed by atoms with Gasteiger partial charge in [0.05, 0.1) is 17.0 Å². The number of fused-ring (bicyclic) bond motifs is 1. The van der Waals surface area contributed by atoms with Crippen LogP contribution in [-0.2, 0) is 0 Å². The standard InChI is InChI=1S/C12H10N2O2/c1-12(6-13)5-8(12)7-2-3-10-9(4-7)14-11(15)16-10/h2-4,8H,5H2,1H3,(H,14,15). The molecule has 1 fully saturated rings. The summed E-state index contributed by atoms with van der Waals surface area (Å²) in [6, 6.07) is 7.92. The van der Waals surface area contributed by atoms with Crippen molar-refractivity contribution in [2.24, 2.45) is 5.41 Å². The summed E-state index contributed by atoms with van der Waals surface area (Å²) in [6.07, 6.45) is 0.886. The molecule has 80 valence electrons. The quantitative estimate of drug-likeness (QED) is 0.790. The average Bonchev–Trinajstić information content (AvgIpc) is 2.81. The van der Waals surface area contributed by atoms with Crippen molar-refractivity contribution in [1.29, 1.82) is 5.26 Å². The van der Waals surface area contributed by atoms with Gasteiger partial charge in [0.1, 0.15) is 0 Å². The lowest BCUT2D eigenvalue weighted by molar-refractivity contribution is 0.555. The van der Waals surface area contributed by atoms with Crippen molar-refractivity contribution < 1.29 is 4.42 Å². The Labute approximate surface area is 91.5 Å². The summed E-state index contributed by atoms with van der Waals surface area (Å²) < 4.78 is 4.93. The van der Waals surface area contributed by atoms with Crippen LogP contribution in [0, 0.1) is 16.7 Å². The first-order valence-corrected chi connectivity index (χ1v) is 5.16. The van der Waals surface area contributed by atoms with Crippen molar-refractivity contribution >= 4 is 11.1 Å². The summed E-state index contributed by atoms with van der Waals surface area (Å²) in [5, 5.41) is 8.99. The summed E-state index contributed by atoms with van der Waals surface area (Å²) >= 11 is 0. The highest BCUT2D eigenvalue weighted by molar-refractivity contribution is 5.73. The van der Waals surface area contributed by atoms with Crippen LogP contribution in [0.1, 0.15) is 24.8 Å². The molecule has 1 N–H and O–H groups in total. The molecule has 4 heteroatoms. The molecule has 1 aliphatic rings. The molecule has 0 saturated heterocycles. The maximum atomic E-state index is 11.0. The zero-order valence-electron chi connectivity index (χ0n) is 8.78. The zero-order valence-corrected chi connectivity index (χ0v) is 8.78. The van der Waals surface area contributed by atoms with Crippen molar-refractivity contribution in [3.63, 3.8) is 0 Å². The highest BCUT2D eigenvalue weighted by Gasteiger charge is 2.51. The lowest BCUT2D eigenvalue weighted by Gasteiger charge is -2.00. The number of aromatic nitrogens is 1. The van der Waals surface area contributed by atoms with E-state index in [1.807, 2.05) is 19.1 Å². The van der Waals surface area contributed by atoms with Crippen molar-refractivity contribution in [1.82, 2.24) is 4.98 Å².